The fourth-order valence-corrected chi connectivity index (χ4v) is 2.99. The number of urea groups is 1. The molecule has 0 atom stereocenters. The van der Waals surface area contributed by atoms with Crippen LogP contribution in [0.3, 0.4) is 0 Å². The molecule has 0 fully saturated rings. The van der Waals surface area contributed by atoms with E-state index in [1.54, 1.807) is 13.8 Å². The molecule has 0 aliphatic rings. The number of benzene rings is 1. The number of hydrogen-bond acceptors (Lipinski definition) is 2. The van der Waals surface area contributed by atoms with Crippen LogP contribution in [-0.2, 0) is 4.79 Å². The monoisotopic (exact) mass is 356 g/mol. The minimum Gasteiger partial charge on any atom is -0.480 e. The van der Waals surface area contributed by atoms with E-state index in [-0.39, 0.29) is 0 Å². The highest BCUT2D eigenvalue weighted by Crippen LogP contribution is 2.28. The normalized spacial score (nSPS) is 11.1. The summed E-state index contributed by atoms with van der Waals surface area (Å²) < 4.78 is 0.768. The van der Waals surface area contributed by atoms with Crippen molar-refractivity contribution < 1.29 is 14.7 Å². The maximum atomic E-state index is 12.1. The van der Waals surface area contributed by atoms with E-state index in [0.29, 0.717) is 18.5 Å². The number of aliphatic carboxylic acids is 1. The number of amides is 2. The first-order chi connectivity index (χ1) is 9.75. The number of carboxylic acids is 1. The fraction of sp³-hybridized carbons (Fsp3) is 0.467. The van der Waals surface area contributed by atoms with Crippen LogP contribution in [-0.4, -0.2) is 22.6 Å². The van der Waals surface area contributed by atoms with Crippen molar-refractivity contribution in [1.29, 1.82) is 0 Å². The summed E-state index contributed by atoms with van der Waals surface area (Å²) in [5.74, 6) is -1.03. The lowest BCUT2D eigenvalue weighted by Gasteiger charge is -2.28. The second kappa shape index (κ2) is 6.93. The summed E-state index contributed by atoms with van der Waals surface area (Å²) in [6.45, 7) is 7.33. The summed E-state index contributed by atoms with van der Waals surface area (Å²) in [5, 5.41) is 14.6. The number of nitrogens with one attached hydrogen (secondary N) is 2. The summed E-state index contributed by atoms with van der Waals surface area (Å²) >= 11 is 3.41. The van der Waals surface area contributed by atoms with Gasteiger partial charge in [-0.15, -0.1) is 0 Å². The van der Waals surface area contributed by atoms with Gasteiger partial charge in [-0.05, 0) is 59.8 Å². The summed E-state index contributed by atoms with van der Waals surface area (Å²) in [7, 11) is 0. The number of carbonyl (C=O) groups is 2. The predicted molar refractivity (Wildman–Crippen MR) is 86.7 cm³/mol. The van der Waals surface area contributed by atoms with Crippen molar-refractivity contribution in [1.82, 2.24) is 5.32 Å². The van der Waals surface area contributed by atoms with Crippen LogP contribution in [0, 0.1) is 13.8 Å². The molecule has 0 radical (unpaired) electrons. The van der Waals surface area contributed by atoms with Gasteiger partial charge in [0.05, 0.1) is 5.69 Å². The minimum atomic E-state index is -1.24. The van der Waals surface area contributed by atoms with Crippen LogP contribution >= 0.6 is 15.9 Å². The third-order valence-electron chi connectivity index (χ3n) is 3.64. The van der Waals surface area contributed by atoms with Crippen LogP contribution in [0.4, 0.5) is 10.5 Å². The van der Waals surface area contributed by atoms with Gasteiger partial charge in [-0.3, -0.25) is 0 Å². The van der Waals surface area contributed by atoms with Gasteiger partial charge in [0.15, 0.2) is 0 Å². The maximum Gasteiger partial charge on any atom is 0.329 e. The number of anilines is 1. The maximum absolute atomic E-state index is 12.1. The summed E-state index contributed by atoms with van der Waals surface area (Å²) in [5.41, 5.74) is 1.39. The summed E-state index contributed by atoms with van der Waals surface area (Å²) in [6, 6.07) is 3.32. The molecular formula is C15H21BrN2O3. The fourth-order valence-electron chi connectivity index (χ4n) is 2.22. The number of halogens is 1. The third kappa shape index (κ3) is 3.97. The first-order valence-corrected chi connectivity index (χ1v) is 7.64. The molecule has 0 aliphatic carbocycles. The Labute approximate surface area is 133 Å². The molecule has 1 aromatic rings. The van der Waals surface area contributed by atoms with Gasteiger partial charge < -0.3 is 15.7 Å². The molecule has 3 N–H and O–H groups in total. The van der Waals surface area contributed by atoms with Gasteiger partial charge in [0.25, 0.3) is 0 Å². The highest BCUT2D eigenvalue weighted by molar-refractivity contribution is 9.10. The van der Waals surface area contributed by atoms with Gasteiger partial charge in [0, 0.05) is 4.47 Å². The molecule has 116 valence electrons. The molecular weight excluding hydrogens is 336 g/mol. The quantitative estimate of drug-likeness (QED) is 0.749. The molecule has 0 aromatic heterocycles. The highest BCUT2D eigenvalue weighted by atomic mass is 79.9. The molecule has 0 heterocycles. The van der Waals surface area contributed by atoms with E-state index in [4.69, 9.17) is 0 Å². The standard InChI is InChI=1S/C15H21BrN2O3/c1-5-15(6-2,13(19)20)18-14(21)17-12-10(4)7-9(3)8-11(12)16/h7-8H,5-6H2,1-4H3,(H,19,20)(H2,17,18,21). The van der Waals surface area contributed by atoms with E-state index in [1.165, 1.54) is 0 Å². The molecule has 0 bridgehead atoms. The van der Waals surface area contributed by atoms with E-state index in [9.17, 15) is 14.7 Å². The van der Waals surface area contributed by atoms with Crippen molar-refractivity contribution in [3.8, 4) is 0 Å². The first-order valence-electron chi connectivity index (χ1n) is 6.85. The van der Waals surface area contributed by atoms with Crippen molar-refractivity contribution in [3.05, 3.63) is 27.7 Å². The van der Waals surface area contributed by atoms with Crippen LogP contribution in [0.15, 0.2) is 16.6 Å². The number of rotatable bonds is 5. The van der Waals surface area contributed by atoms with E-state index >= 15 is 0 Å². The molecule has 0 spiro atoms. The molecule has 6 heteroatoms. The average Bonchev–Trinajstić information content (AvgIpc) is 2.40. The topological polar surface area (TPSA) is 78.4 Å². The lowest BCUT2D eigenvalue weighted by molar-refractivity contribution is -0.144. The lowest BCUT2D eigenvalue weighted by atomic mass is 9.93. The van der Waals surface area contributed by atoms with Gasteiger partial charge >= 0.3 is 12.0 Å². The Morgan fingerprint density at radius 1 is 1.24 bits per heavy atom. The van der Waals surface area contributed by atoms with Crippen molar-refractivity contribution in [2.24, 2.45) is 0 Å². The van der Waals surface area contributed by atoms with Gasteiger partial charge in [-0.2, -0.15) is 0 Å². The molecule has 21 heavy (non-hydrogen) atoms. The number of hydrogen-bond donors (Lipinski definition) is 3. The van der Waals surface area contributed by atoms with Crippen molar-refractivity contribution in [3.63, 3.8) is 0 Å². The molecule has 0 unspecified atom stereocenters. The third-order valence-corrected chi connectivity index (χ3v) is 4.26. The van der Waals surface area contributed by atoms with Crippen LogP contribution in [0.1, 0.15) is 37.8 Å². The molecule has 0 aliphatic heterocycles. The SMILES string of the molecule is CCC(CC)(NC(=O)Nc1c(C)cc(C)cc1Br)C(=O)O. The highest BCUT2D eigenvalue weighted by Gasteiger charge is 2.36. The van der Waals surface area contributed by atoms with Crippen molar-refractivity contribution in [2.75, 3.05) is 5.32 Å². The molecule has 0 saturated carbocycles. The molecule has 1 aromatic carbocycles. The van der Waals surface area contributed by atoms with Gasteiger partial charge in [-0.1, -0.05) is 19.9 Å². The Balaban J connectivity index is 2.95. The van der Waals surface area contributed by atoms with Crippen molar-refractivity contribution in [2.45, 2.75) is 46.1 Å². The molecule has 5 nitrogen and oxygen atoms in total. The van der Waals surface area contributed by atoms with Crippen molar-refractivity contribution >= 4 is 33.6 Å². The number of carboxylic acid groups (broad SMARTS) is 1. The zero-order valence-corrected chi connectivity index (χ0v) is 14.3. The Hall–Kier alpha value is -1.56. The predicted octanol–water partition coefficient (Wildman–Crippen LogP) is 3.83. The number of carbonyl (C=O) groups excluding carboxylic acids is 1. The average molecular weight is 357 g/mol. The van der Waals surface area contributed by atoms with E-state index in [0.717, 1.165) is 15.6 Å². The summed E-state index contributed by atoms with van der Waals surface area (Å²) in [4.78, 5) is 23.5. The van der Waals surface area contributed by atoms with Crippen LogP contribution in [0.25, 0.3) is 0 Å². The Morgan fingerprint density at radius 2 is 1.81 bits per heavy atom. The van der Waals surface area contributed by atoms with E-state index in [2.05, 4.69) is 26.6 Å². The molecule has 1 rings (SSSR count). The smallest absolute Gasteiger partial charge is 0.329 e. The molecule has 2 amide bonds. The number of aryl methyl sites for hydroxylation is 2. The van der Waals surface area contributed by atoms with E-state index in [1.807, 2.05) is 26.0 Å². The zero-order chi connectivity index (χ0) is 16.2. The second-order valence-electron chi connectivity index (χ2n) is 5.11. The van der Waals surface area contributed by atoms with Crippen LogP contribution < -0.4 is 10.6 Å². The Kier molecular flexibility index (Phi) is 5.78. The zero-order valence-electron chi connectivity index (χ0n) is 12.7. The van der Waals surface area contributed by atoms with Crippen LogP contribution in [0.5, 0.6) is 0 Å². The molecule has 0 saturated heterocycles. The van der Waals surface area contributed by atoms with Gasteiger partial charge in [0.2, 0.25) is 0 Å². The Morgan fingerprint density at radius 3 is 2.24 bits per heavy atom. The first kappa shape index (κ1) is 17.5. The Bertz CT molecular complexity index is 531. The van der Waals surface area contributed by atoms with Gasteiger partial charge in [0.1, 0.15) is 5.54 Å². The lowest BCUT2D eigenvalue weighted by Crippen LogP contribution is -2.55. The second-order valence-corrected chi connectivity index (χ2v) is 5.97. The van der Waals surface area contributed by atoms with Gasteiger partial charge in [-0.25, -0.2) is 9.59 Å². The largest absolute Gasteiger partial charge is 0.480 e. The van der Waals surface area contributed by atoms with E-state index < -0.39 is 17.5 Å². The summed E-state index contributed by atoms with van der Waals surface area (Å²) in [6.07, 6.45) is 0.639. The van der Waals surface area contributed by atoms with Crippen LogP contribution in [0.2, 0.25) is 0 Å². The minimum absolute atomic E-state index is 0.320.